The van der Waals surface area contributed by atoms with Crippen molar-refractivity contribution in [3.8, 4) is 22.5 Å². The summed E-state index contributed by atoms with van der Waals surface area (Å²) >= 11 is 0. The third kappa shape index (κ3) is 5.11. The number of benzene rings is 2. The highest BCUT2D eigenvalue weighted by atomic mass is 16.1. The van der Waals surface area contributed by atoms with Crippen molar-refractivity contribution in [1.29, 1.82) is 0 Å². The first-order chi connectivity index (χ1) is 16.2. The van der Waals surface area contributed by atoms with Gasteiger partial charge in [0.2, 0.25) is 0 Å². The van der Waals surface area contributed by atoms with E-state index in [1.807, 2.05) is 24.3 Å². The average molecular weight is 444 g/mol. The minimum Gasteiger partial charge on any atom is -0.369 e. The number of nitrogens with zero attached hydrogens (tertiary/aromatic N) is 3. The Balaban J connectivity index is 1.27. The van der Waals surface area contributed by atoms with Gasteiger partial charge in [0.1, 0.15) is 0 Å². The summed E-state index contributed by atoms with van der Waals surface area (Å²) in [4.78, 5) is 17.6. The summed E-state index contributed by atoms with van der Waals surface area (Å²) in [7, 11) is 2.18. The molecule has 2 heterocycles. The zero-order valence-electron chi connectivity index (χ0n) is 19.4. The van der Waals surface area contributed by atoms with Crippen molar-refractivity contribution in [3.63, 3.8) is 0 Å². The van der Waals surface area contributed by atoms with Gasteiger partial charge in [-0.3, -0.25) is 9.89 Å². The van der Waals surface area contributed by atoms with Crippen molar-refractivity contribution >= 4 is 11.6 Å². The van der Waals surface area contributed by atoms with E-state index in [0.717, 1.165) is 61.5 Å². The van der Waals surface area contributed by atoms with E-state index >= 15 is 0 Å². The zero-order valence-corrected chi connectivity index (χ0v) is 19.4. The molecule has 1 saturated carbocycles. The van der Waals surface area contributed by atoms with Crippen molar-refractivity contribution in [1.82, 2.24) is 20.4 Å². The minimum atomic E-state index is 0.0130. The first-order valence-corrected chi connectivity index (χ1v) is 12.2. The van der Waals surface area contributed by atoms with Crippen LogP contribution in [0.2, 0.25) is 0 Å². The van der Waals surface area contributed by atoms with Crippen molar-refractivity contribution in [3.05, 3.63) is 60.2 Å². The first kappa shape index (κ1) is 21.7. The monoisotopic (exact) mass is 443 g/mol. The number of aromatic amines is 1. The van der Waals surface area contributed by atoms with Crippen LogP contribution in [0, 0.1) is 0 Å². The molecule has 1 aromatic heterocycles. The number of amides is 1. The number of H-pyrrole nitrogens is 1. The van der Waals surface area contributed by atoms with Gasteiger partial charge in [-0.25, -0.2) is 0 Å². The zero-order chi connectivity index (χ0) is 22.6. The third-order valence-corrected chi connectivity index (χ3v) is 6.99. The predicted octanol–water partition coefficient (Wildman–Crippen LogP) is 4.56. The van der Waals surface area contributed by atoms with E-state index in [4.69, 9.17) is 0 Å². The number of hydrogen-bond donors (Lipinski definition) is 2. The molecule has 2 aromatic carbocycles. The number of aromatic nitrogens is 2. The molecule has 1 aliphatic heterocycles. The molecule has 0 radical (unpaired) electrons. The van der Waals surface area contributed by atoms with Gasteiger partial charge in [0.05, 0.1) is 11.4 Å². The largest absolute Gasteiger partial charge is 0.369 e. The summed E-state index contributed by atoms with van der Waals surface area (Å²) < 4.78 is 0. The number of piperazine rings is 1. The van der Waals surface area contributed by atoms with Crippen LogP contribution >= 0.6 is 0 Å². The lowest BCUT2D eigenvalue weighted by molar-refractivity contribution is 0.0927. The lowest BCUT2D eigenvalue weighted by atomic mass is 9.95. The van der Waals surface area contributed by atoms with Crippen molar-refractivity contribution in [2.75, 3.05) is 38.1 Å². The molecule has 3 aromatic rings. The van der Waals surface area contributed by atoms with Gasteiger partial charge >= 0.3 is 0 Å². The Hall–Kier alpha value is -3.12. The van der Waals surface area contributed by atoms with Crippen LogP contribution < -0.4 is 10.2 Å². The molecule has 172 valence electrons. The van der Waals surface area contributed by atoms with E-state index < -0.39 is 0 Å². The Labute approximate surface area is 196 Å². The lowest BCUT2D eigenvalue weighted by Gasteiger charge is -2.34. The smallest absolute Gasteiger partial charge is 0.251 e. The molecule has 1 aliphatic carbocycles. The number of carbonyl (C=O) groups is 1. The Morgan fingerprint density at radius 3 is 2.45 bits per heavy atom. The molecule has 33 heavy (non-hydrogen) atoms. The fourth-order valence-electron chi connectivity index (χ4n) is 4.87. The summed E-state index contributed by atoms with van der Waals surface area (Å²) in [6.07, 6.45) is 5.86. The van der Waals surface area contributed by atoms with E-state index in [-0.39, 0.29) is 5.91 Å². The van der Waals surface area contributed by atoms with Crippen LogP contribution in [0.25, 0.3) is 22.5 Å². The number of nitrogens with one attached hydrogen (secondary N) is 2. The molecule has 1 saturated heterocycles. The second-order valence-corrected chi connectivity index (χ2v) is 9.39. The summed E-state index contributed by atoms with van der Waals surface area (Å²) in [5.41, 5.74) is 5.84. The van der Waals surface area contributed by atoms with E-state index in [2.05, 4.69) is 62.7 Å². The topological polar surface area (TPSA) is 64.3 Å². The van der Waals surface area contributed by atoms with E-state index in [1.54, 1.807) is 0 Å². The number of likely N-dealkylation sites (N-methyl/N-ethyl adjacent to an activating group) is 1. The van der Waals surface area contributed by atoms with Crippen molar-refractivity contribution < 1.29 is 4.79 Å². The van der Waals surface area contributed by atoms with Crippen LogP contribution in [0.1, 0.15) is 42.5 Å². The summed E-state index contributed by atoms with van der Waals surface area (Å²) in [6, 6.07) is 18.8. The summed E-state index contributed by atoms with van der Waals surface area (Å²) in [5, 5.41) is 10.9. The molecule has 2 N–H and O–H groups in total. The maximum absolute atomic E-state index is 12.8. The van der Waals surface area contributed by atoms with Gasteiger partial charge in [-0.2, -0.15) is 5.10 Å². The molecular formula is C27H33N5O. The van der Waals surface area contributed by atoms with Crippen LogP contribution in [-0.4, -0.2) is 60.3 Å². The Bertz CT molecular complexity index is 1080. The number of hydrogen-bond acceptors (Lipinski definition) is 4. The summed E-state index contributed by atoms with van der Waals surface area (Å²) in [6.45, 7) is 4.33. The van der Waals surface area contributed by atoms with Crippen LogP contribution in [0.3, 0.4) is 0 Å². The third-order valence-electron chi connectivity index (χ3n) is 6.99. The van der Waals surface area contributed by atoms with Crippen LogP contribution in [0.5, 0.6) is 0 Å². The fourth-order valence-corrected chi connectivity index (χ4v) is 4.87. The minimum absolute atomic E-state index is 0.0130. The number of anilines is 1. The highest BCUT2D eigenvalue weighted by Gasteiger charge is 2.18. The fraction of sp³-hybridized carbons (Fsp3) is 0.407. The molecule has 0 unspecified atom stereocenters. The highest BCUT2D eigenvalue weighted by molar-refractivity contribution is 5.95. The normalized spacial score (nSPS) is 17.8. The van der Waals surface area contributed by atoms with E-state index in [1.165, 1.54) is 24.9 Å². The molecule has 5 rings (SSSR count). The highest BCUT2D eigenvalue weighted by Crippen LogP contribution is 2.27. The van der Waals surface area contributed by atoms with Crippen molar-refractivity contribution in [2.45, 2.75) is 38.1 Å². The second-order valence-electron chi connectivity index (χ2n) is 9.39. The average Bonchev–Trinajstić information content (AvgIpc) is 3.36. The van der Waals surface area contributed by atoms with Gasteiger partial charge in [-0.05, 0) is 55.8 Å². The number of rotatable bonds is 5. The van der Waals surface area contributed by atoms with E-state index in [0.29, 0.717) is 11.6 Å². The van der Waals surface area contributed by atoms with Gasteiger partial charge in [-0.1, -0.05) is 43.5 Å². The van der Waals surface area contributed by atoms with Gasteiger partial charge in [-0.15, -0.1) is 0 Å². The molecular weight excluding hydrogens is 410 g/mol. The SMILES string of the molecule is CN1CCN(c2ccc(-c3cc(-c4cccc(C(=O)NC5CCCCC5)c4)n[nH]3)cc2)CC1. The first-order valence-electron chi connectivity index (χ1n) is 12.2. The van der Waals surface area contributed by atoms with Gasteiger partial charge in [0.25, 0.3) is 5.91 Å². The van der Waals surface area contributed by atoms with Crippen LogP contribution in [0.15, 0.2) is 54.6 Å². The summed E-state index contributed by atoms with van der Waals surface area (Å²) in [5.74, 6) is 0.0130. The van der Waals surface area contributed by atoms with Gasteiger partial charge in [0, 0.05) is 49.0 Å². The van der Waals surface area contributed by atoms with Gasteiger partial charge in [0.15, 0.2) is 0 Å². The quantitative estimate of drug-likeness (QED) is 0.607. The predicted molar refractivity (Wildman–Crippen MR) is 134 cm³/mol. The standard InChI is InChI=1S/C27H33N5O/c1-31-14-16-32(17-15-31)24-12-10-20(11-13-24)25-19-26(30-29-25)21-6-5-7-22(18-21)27(33)28-23-8-3-2-4-9-23/h5-7,10-13,18-19,23H,2-4,8-9,14-17H2,1H3,(H,28,33)(H,29,30). The Kier molecular flexibility index (Phi) is 6.44. The van der Waals surface area contributed by atoms with Gasteiger partial charge < -0.3 is 15.1 Å². The van der Waals surface area contributed by atoms with Crippen LogP contribution in [0.4, 0.5) is 5.69 Å². The molecule has 0 bridgehead atoms. The molecule has 1 amide bonds. The lowest BCUT2D eigenvalue weighted by Crippen LogP contribution is -2.44. The molecule has 2 fully saturated rings. The number of carbonyl (C=O) groups excluding carboxylic acids is 1. The molecule has 6 heteroatoms. The Morgan fingerprint density at radius 2 is 1.70 bits per heavy atom. The van der Waals surface area contributed by atoms with E-state index in [9.17, 15) is 4.79 Å². The maximum atomic E-state index is 12.8. The maximum Gasteiger partial charge on any atom is 0.251 e. The second kappa shape index (κ2) is 9.79. The molecule has 2 aliphatic rings. The molecule has 6 nitrogen and oxygen atoms in total. The van der Waals surface area contributed by atoms with Crippen LogP contribution in [-0.2, 0) is 0 Å². The van der Waals surface area contributed by atoms with Crippen molar-refractivity contribution in [2.24, 2.45) is 0 Å². The molecule has 0 spiro atoms. The molecule has 0 atom stereocenters. The Morgan fingerprint density at radius 1 is 0.939 bits per heavy atom.